The van der Waals surface area contributed by atoms with Gasteiger partial charge in [0.1, 0.15) is 0 Å². The standard InChI is InChI=1S/C10H14ClNS/c11-9-4-5-13-10(9)8-3-1-2-7(8)6-12/h4-5,7-8H,1-3,6,12H2. The molecule has 0 spiro atoms. The van der Waals surface area contributed by atoms with E-state index in [0.717, 1.165) is 11.6 Å². The average Bonchev–Trinajstić information content (AvgIpc) is 2.71. The van der Waals surface area contributed by atoms with E-state index in [1.165, 1.54) is 24.1 Å². The highest BCUT2D eigenvalue weighted by Crippen LogP contribution is 2.43. The van der Waals surface area contributed by atoms with Crippen molar-refractivity contribution in [3.8, 4) is 0 Å². The predicted octanol–water partition coefficient (Wildman–Crippen LogP) is 3.24. The molecule has 2 rings (SSSR count). The highest BCUT2D eigenvalue weighted by atomic mass is 35.5. The van der Waals surface area contributed by atoms with Crippen molar-refractivity contribution in [2.24, 2.45) is 11.7 Å². The average molecular weight is 216 g/mol. The Bertz CT molecular complexity index is 284. The molecular formula is C10H14ClNS. The third-order valence-corrected chi connectivity index (χ3v) is 4.43. The van der Waals surface area contributed by atoms with Crippen LogP contribution in [0.25, 0.3) is 0 Å². The van der Waals surface area contributed by atoms with Gasteiger partial charge in [0, 0.05) is 4.88 Å². The first-order valence-corrected chi connectivity index (χ1v) is 6.01. The van der Waals surface area contributed by atoms with Crippen molar-refractivity contribution in [3.05, 3.63) is 21.3 Å². The smallest absolute Gasteiger partial charge is 0.0547 e. The van der Waals surface area contributed by atoms with Gasteiger partial charge >= 0.3 is 0 Å². The summed E-state index contributed by atoms with van der Waals surface area (Å²) in [5, 5.41) is 3.01. The van der Waals surface area contributed by atoms with E-state index < -0.39 is 0 Å². The van der Waals surface area contributed by atoms with Crippen LogP contribution >= 0.6 is 22.9 Å². The second-order valence-corrected chi connectivity index (χ2v) is 5.02. The van der Waals surface area contributed by atoms with Gasteiger partial charge in [-0.2, -0.15) is 0 Å². The van der Waals surface area contributed by atoms with Crippen LogP contribution < -0.4 is 5.73 Å². The van der Waals surface area contributed by atoms with Crippen LogP contribution in [0.5, 0.6) is 0 Å². The Morgan fingerprint density at radius 1 is 1.54 bits per heavy atom. The first-order valence-electron chi connectivity index (χ1n) is 4.76. The Balaban J connectivity index is 2.20. The zero-order chi connectivity index (χ0) is 9.26. The third kappa shape index (κ3) is 1.76. The monoisotopic (exact) mass is 215 g/mol. The molecule has 72 valence electrons. The van der Waals surface area contributed by atoms with Crippen molar-refractivity contribution in [1.82, 2.24) is 0 Å². The quantitative estimate of drug-likeness (QED) is 0.806. The fraction of sp³-hybridized carbons (Fsp3) is 0.600. The lowest BCUT2D eigenvalue weighted by Crippen LogP contribution is -2.16. The maximum atomic E-state index is 6.11. The molecule has 1 aliphatic rings. The summed E-state index contributed by atoms with van der Waals surface area (Å²) in [4.78, 5) is 1.36. The molecule has 0 bridgehead atoms. The van der Waals surface area contributed by atoms with Crippen molar-refractivity contribution in [2.45, 2.75) is 25.2 Å². The molecule has 1 fully saturated rings. The lowest BCUT2D eigenvalue weighted by atomic mass is 9.95. The Kier molecular flexibility index (Phi) is 2.92. The van der Waals surface area contributed by atoms with Gasteiger partial charge < -0.3 is 5.73 Å². The maximum Gasteiger partial charge on any atom is 0.0547 e. The van der Waals surface area contributed by atoms with Crippen LogP contribution in [-0.2, 0) is 0 Å². The van der Waals surface area contributed by atoms with Gasteiger partial charge in [-0.1, -0.05) is 18.0 Å². The molecule has 0 radical (unpaired) electrons. The molecule has 2 N–H and O–H groups in total. The van der Waals surface area contributed by atoms with Crippen molar-refractivity contribution < 1.29 is 0 Å². The zero-order valence-electron chi connectivity index (χ0n) is 7.50. The van der Waals surface area contributed by atoms with Crippen LogP contribution in [0, 0.1) is 5.92 Å². The van der Waals surface area contributed by atoms with Crippen LogP contribution in [0.1, 0.15) is 30.1 Å². The number of nitrogens with two attached hydrogens (primary N) is 1. The molecule has 1 aromatic rings. The number of hydrogen-bond acceptors (Lipinski definition) is 2. The van der Waals surface area contributed by atoms with E-state index in [1.54, 1.807) is 11.3 Å². The van der Waals surface area contributed by atoms with Gasteiger partial charge in [-0.05, 0) is 42.7 Å². The highest BCUT2D eigenvalue weighted by molar-refractivity contribution is 7.10. The number of halogens is 1. The summed E-state index contributed by atoms with van der Waals surface area (Å²) in [6.45, 7) is 0.804. The molecule has 13 heavy (non-hydrogen) atoms. The largest absolute Gasteiger partial charge is 0.330 e. The molecule has 0 saturated heterocycles. The van der Waals surface area contributed by atoms with Crippen molar-refractivity contribution in [1.29, 1.82) is 0 Å². The van der Waals surface area contributed by atoms with Gasteiger partial charge in [0.25, 0.3) is 0 Å². The number of rotatable bonds is 2. The third-order valence-electron chi connectivity index (χ3n) is 2.94. The summed E-state index contributed by atoms with van der Waals surface area (Å²) in [6, 6.07) is 1.99. The molecule has 1 saturated carbocycles. The summed E-state index contributed by atoms with van der Waals surface area (Å²) in [7, 11) is 0. The van der Waals surface area contributed by atoms with Crippen LogP contribution in [0.15, 0.2) is 11.4 Å². The van der Waals surface area contributed by atoms with Gasteiger partial charge in [0.05, 0.1) is 5.02 Å². The molecule has 2 atom stereocenters. The summed E-state index contributed by atoms with van der Waals surface area (Å²) in [5.41, 5.74) is 5.74. The lowest BCUT2D eigenvalue weighted by Gasteiger charge is -2.16. The molecule has 3 heteroatoms. The minimum absolute atomic E-state index is 0.637. The van der Waals surface area contributed by atoms with Gasteiger partial charge in [0.2, 0.25) is 0 Å². The fourth-order valence-corrected chi connectivity index (χ4v) is 3.66. The summed E-state index contributed by atoms with van der Waals surface area (Å²) < 4.78 is 0. The van der Waals surface area contributed by atoms with E-state index >= 15 is 0 Å². The molecular weight excluding hydrogens is 202 g/mol. The maximum absolute atomic E-state index is 6.11. The molecule has 0 amide bonds. The lowest BCUT2D eigenvalue weighted by molar-refractivity contribution is 0.502. The Labute approximate surface area is 87.9 Å². The molecule has 1 nitrogen and oxygen atoms in total. The Hall–Kier alpha value is -0.0500. The second kappa shape index (κ2) is 3.99. The van der Waals surface area contributed by atoms with E-state index in [0.29, 0.717) is 11.8 Å². The van der Waals surface area contributed by atoms with Crippen LogP contribution in [0.4, 0.5) is 0 Å². The van der Waals surface area contributed by atoms with Crippen molar-refractivity contribution in [2.75, 3.05) is 6.54 Å². The topological polar surface area (TPSA) is 26.0 Å². The summed E-state index contributed by atoms with van der Waals surface area (Å²) in [6.07, 6.45) is 3.85. The van der Waals surface area contributed by atoms with Gasteiger partial charge in [-0.25, -0.2) is 0 Å². The Morgan fingerprint density at radius 2 is 2.38 bits per heavy atom. The minimum atomic E-state index is 0.637. The van der Waals surface area contributed by atoms with E-state index in [2.05, 4.69) is 5.38 Å². The first kappa shape index (κ1) is 9.50. The van der Waals surface area contributed by atoms with Crippen molar-refractivity contribution in [3.63, 3.8) is 0 Å². The molecule has 0 aliphatic heterocycles. The normalized spacial score (nSPS) is 28.2. The van der Waals surface area contributed by atoms with Crippen LogP contribution in [0.2, 0.25) is 5.02 Å². The molecule has 1 aliphatic carbocycles. The number of thiophene rings is 1. The van der Waals surface area contributed by atoms with Crippen molar-refractivity contribution >= 4 is 22.9 Å². The van der Waals surface area contributed by atoms with Gasteiger partial charge in [0.15, 0.2) is 0 Å². The zero-order valence-corrected chi connectivity index (χ0v) is 9.07. The highest BCUT2D eigenvalue weighted by Gasteiger charge is 2.29. The van der Waals surface area contributed by atoms with E-state index in [9.17, 15) is 0 Å². The van der Waals surface area contributed by atoms with E-state index in [-0.39, 0.29) is 0 Å². The fourth-order valence-electron chi connectivity index (χ4n) is 2.23. The Morgan fingerprint density at radius 3 is 3.00 bits per heavy atom. The van der Waals surface area contributed by atoms with Gasteiger partial charge in [-0.15, -0.1) is 11.3 Å². The summed E-state index contributed by atoms with van der Waals surface area (Å²) in [5.74, 6) is 1.30. The second-order valence-electron chi connectivity index (χ2n) is 3.67. The minimum Gasteiger partial charge on any atom is -0.330 e. The molecule has 2 unspecified atom stereocenters. The first-order chi connectivity index (χ1) is 6.33. The SMILES string of the molecule is NCC1CCCC1c1sccc1Cl. The molecule has 1 aromatic heterocycles. The van der Waals surface area contributed by atoms with Crippen LogP contribution in [0.3, 0.4) is 0 Å². The van der Waals surface area contributed by atoms with Gasteiger partial charge in [-0.3, -0.25) is 0 Å². The van der Waals surface area contributed by atoms with Crippen LogP contribution in [-0.4, -0.2) is 6.54 Å². The van der Waals surface area contributed by atoms with E-state index in [1.807, 2.05) is 6.07 Å². The predicted molar refractivity (Wildman–Crippen MR) is 58.5 cm³/mol. The number of hydrogen-bond donors (Lipinski definition) is 1. The molecule has 1 heterocycles. The van der Waals surface area contributed by atoms with E-state index in [4.69, 9.17) is 17.3 Å². The summed E-state index contributed by atoms with van der Waals surface area (Å²) >= 11 is 7.89. The molecule has 0 aromatic carbocycles.